The molecule has 4 rings (SSSR count). The zero-order chi connectivity index (χ0) is 25.7. The molecule has 2 heterocycles. The topological polar surface area (TPSA) is 110 Å². The maximum Gasteiger partial charge on any atom is 0.224 e. The van der Waals surface area contributed by atoms with E-state index in [0.717, 1.165) is 61.0 Å². The molecule has 10 heteroatoms. The van der Waals surface area contributed by atoms with Crippen LogP contribution in [0.25, 0.3) is 11.3 Å². The summed E-state index contributed by atoms with van der Waals surface area (Å²) in [4.78, 5) is 22.4. The molecule has 1 saturated heterocycles. The van der Waals surface area contributed by atoms with E-state index in [9.17, 15) is 13.6 Å². The minimum absolute atomic E-state index is 0.0489. The lowest BCUT2D eigenvalue weighted by molar-refractivity contribution is -0.127. The van der Waals surface area contributed by atoms with Gasteiger partial charge in [0.1, 0.15) is 6.54 Å². The van der Waals surface area contributed by atoms with Crippen LogP contribution >= 0.6 is 11.3 Å². The van der Waals surface area contributed by atoms with Gasteiger partial charge in [0, 0.05) is 49.1 Å². The van der Waals surface area contributed by atoms with Crippen LogP contribution in [0.15, 0.2) is 29.6 Å². The molecule has 2 aliphatic rings. The molecule has 2 fully saturated rings. The van der Waals surface area contributed by atoms with E-state index in [0.29, 0.717) is 18.9 Å². The van der Waals surface area contributed by atoms with Crippen molar-refractivity contribution in [3.63, 3.8) is 0 Å². The first-order valence-electron chi connectivity index (χ1n) is 12.7. The van der Waals surface area contributed by atoms with Crippen molar-refractivity contribution >= 4 is 33.5 Å². The maximum absolute atomic E-state index is 12.7. The van der Waals surface area contributed by atoms with Gasteiger partial charge in [0.05, 0.1) is 17.0 Å². The van der Waals surface area contributed by atoms with Gasteiger partial charge in [0.2, 0.25) is 5.91 Å². The molecule has 1 aromatic carbocycles. The molecule has 1 aromatic heterocycles. The highest BCUT2D eigenvalue weighted by Gasteiger charge is 2.39. The number of nitrogens with zero attached hydrogens (tertiary/aromatic N) is 4. The van der Waals surface area contributed by atoms with E-state index < -0.39 is 16.3 Å². The van der Waals surface area contributed by atoms with Crippen molar-refractivity contribution in [2.75, 3.05) is 37.6 Å². The van der Waals surface area contributed by atoms with E-state index in [-0.39, 0.29) is 24.3 Å². The number of carbonyl (C=O) groups is 1. The first kappa shape index (κ1) is 26.7. The molecule has 4 unspecified atom stereocenters. The van der Waals surface area contributed by atoms with Crippen LogP contribution in [0.3, 0.4) is 0 Å². The average molecular weight is 530 g/mol. The summed E-state index contributed by atoms with van der Waals surface area (Å²) < 4.78 is 22.7. The van der Waals surface area contributed by atoms with Crippen LogP contribution in [0.1, 0.15) is 50.3 Å². The van der Waals surface area contributed by atoms with Gasteiger partial charge in [-0.2, -0.15) is 5.26 Å². The van der Waals surface area contributed by atoms with Gasteiger partial charge in [-0.25, -0.2) is 9.19 Å². The van der Waals surface area contributed by atoms with E-state index in [4.69, 9.17) is 10.2 Å². The van der Waals surface area contributed by atoms with E-state index in [1.165, 1.54) is 0 Å². The second-order valence-electron chi connectivity index (χ2n) is 9.88. The van der Waals surface area contributed by atoms with Gasteiger partial charge in [-0.1, -0.05) is 37.1 Å². The fourth-order valence-electron chi connectivity index (χ4n) is 5.43. The highest BCUT2D eigenvalue weighted by molar-refractivity contribution is 7.79. The monoisotopic (exact) mass is 529 g/mol. The summed E-state index contributed by atoms with van der Waals surface area (Å²) >= 11 is -0.472. The SMILES string of the molecule is CC(C)N1CCN(c2nc(-c3ccc(C(C4CCCCC4C(=O)NCC#N)S(=O)O)cc3)cs2)CC1. The molecule has 0 bridgehead atoms. The van der Waals surface area contributed by atoms with Crippen molar-refractivity contribution in [3.8, 4) is 17.3 Å². The van der Waals surface area contributed by atoms with Gasteiger partial charge in [-0.15, -0.1) is 11.3 Å². The highest BCUT2D eigenvalue weighted by atomic mass is 32.2. The number of amides is 1. The number of hydrogen-bond donors (Lipinski definition) is 2. The summed E-state index contributed by atoms with van der Waals surface area (Å²) in [6, 6.07) is 10.2. The Morgan fingerprint density at radius 2 is 1.92 bits per heavy atom. The fraction of sp³-hybridized carbons (Fsp3) is 0.577. The second kappa shape index (κ2) is 12.3. The number of rotatable bonds is 8. The molecule has 1 aliphatic carbocycles. The van der Waals surface area contributed by atoms with Crippen molar-refractivity contribution in [2.45, 2.75) is 50.8 Å². The minimum Gasteiger partial charge on any atom is -0.346 e. The largest absolute Gasteiger partial charge is 0.346 e. The van der Waals surface area contributed by atoms with E-state index >= 15 is 0 Å². The standard InChI is InChI=1S/C26H35N5O3S2/c1-18(2)30-13-15-31(16-14-30)26-29-23(17-35-26)19-7-9-20(10-8-19)24(36(33)34)21-5-3-4-6-22(21)25(32)28-12-11-27/h7-10,17-18,21-22,24H,3-6,12-16H2,1-2H3,(H,28,32)(H,33,34). The summed E-state index contributed by atoms with van der Waals surface area (Å²) in [6.45, 7) is 8.44. The summed E-state index contributed by atoms with van der Waals surface area (Å²) in [5, 5.41) is 13.9. The molecule has 0 spiro atoms. The molecule has 194 valence electrons. The van der Waals surface area contributed by atoms with Crippen molar-refractivity contribution in [2.24, 2.45) is 11.8 Å². The summed E-state index contributed by atoms with van der Waals surface area (Å²) in [6.07, 6.45) is 3.21. The molecular weight excluding hydrogens is 494 g/mol. The van der Waals surface area contributed by atoms with Gasteiger partial charge < -0.3 is 14.8 Å². The van der Waals surface area contributed by atoms with Gasteiger partial charge in [0.15, 0.2) is 16.2 Å². The summed E-state index contributed by atoms with van der Waals surface area (Å²) in [5.41, 5.74) is 2.63. The third kappa shape index (κ3) is 6.14. The number of nitriles is 1. The van der Waals surface area contributed by atoms with Crippen LogP contribution in [-0.4, -0.2) is 63.3 Å². The van der Waals surface area contributed by atoms with Crippen LogP contribution in [0.4, 0.5) is 5.13 Å². The quantitative estimate of drug-likeness (QED) is 0.392. The molecule has 1 amide bonds. The molecular formula is C26H35N5O3S2. The van der Waals surface area contributed by atoms with E-state index in [1.54, 1.807) is 11.3 Å². The van der Waals surface area contributed by atoms with E-state index in [2.05, 4.69) is 34.3 Å². The van der Waals surface area contributed by atoms with Gasteiger partial charge in [0.25, 0.3) is 0 Å². The Balaban J connectivity index is 1.48. The smallest absolute Gasteiger partial charge is 0.224 e. The van der Waals surface area contributed by atoms with Gasteiger partial charge in [-0.3, -0.25) is 9.69 Å². The lowest BCUT2D eigenvalue weighted by atomic mass is 9.75. The third-order valence-corrected chi connectivity index (χ3v) is 9.40. The summed E-state index contributed by atoms with van der Waals surface area (Å²) in [5.74, 6) is -0.813. The Morgan fingerprint density at radius 1 is 1.22 bits per heavy atom. The molecule has 36 heavy (non-hydrogen) atoms. The Morgan fingerprint density at radius 3 is 2.56 bits per heavy atom. The molecule has 2 aromatic rings. The minimum atomic E-state index is -2.12. The van der Waals surface area contributed by atoms with Crippen LogP contribution < -0.4 is 10.2 Å². The number of aromatic nitrogens is 1. The van der Waals surface area contributed by atoms with Crippen LogP contribution in [0.5, 0.6) is 0 Å². The number of benzene rings is 1. The molecule has 2 N–H and O–H groups in total. The molecule has 8 nitrogen and oxygen atoms in total. The number of anilines is 1. The lowest BCUT2D eigenvalue weighted by Gasteiger charge is -2.36. The zero-order valence-electron chi connectivity index (χ0n) is 20.9. The molecule has 4 atom stereocenters. The van der Waals surface area contributed by atoms with Crippen molar-refractivity contribution < 1.29 is 13.6 Å². The average Bonchev–Trinajstić information content (AvgIpc) is 3.38. The third-order valence-electron chi connectivity index (χ3n) is 7.45. The van der Waals surface area contributed by atoms with Crippen molar-refractivity contribution in [3.05, 3.63) is 35.2 Å². The first-order chi connectivity index (χ1) is 17.4. The predicted octanol–water partition coefficient (Wildman–Crippen LogP) is 4.05. The molecule has 0 radical (unpaired) electrons. The normalized spacial score (nSPS) is 22.7. The Bertz CT molecular complexity index is 1090. The first-order valence-corrected chi connectivity index (χ1v) is 14.7. The predicted molar refractivity (Wildman–Crippen MR) is 144 cm³/mol. The van der Waals surface area contributed by atoms with Crippen LogP contribution in [0.2, 0.25) is 0 Å². The Hall–Kier alpha value is -2.32. The fourth-order valence-corrected chi connectivity index (χ4v) is 7.34. The number of nitrogens with one attached hydrogen (secondary N) is 1. The van der Waals surface area contributed by atoms with Crippen molar-refractivity contribution in [1.29, 1.82) is 5.26 Å². The van der Waals surface area contributed by atoms with Crippen LogP contribution in [-0.2, 0) is 15.9 Å². The second-order valence-corrected chi connectivity index (χ2v) is 11.8. The van der Waals surface area contributed by atoms with Gasteiger partial charge >= 0.3 is 0 Å². The number of thiazole rings is 1. The highest BCUT2D eigenvalue weighted by Crippen LogP contribution is 2.42. The zero-order valence-corrected chi connectivity index (χ0v) is 22.6. The van der Waals surface area contributed by atoms with Crippen molar-refractivity contribution in [1.82, 2.24) is 15.2 Å². The Kier molecular flexibility index (Phi) is 9.12. The maximum atomic E-state index is 12.7. The lowest BCUT2D eigenvalue weighted by Crippen LogP contribution is -2.48. The van der Waals surface area contributed by atoms with Gasteiger partial charge in [-0.05, 0) is 38.2 Å². The number of carbonyl (C=O) groups excluding carboxylic acids is 1. The molecule has 1 aliphatic heterocycles. The Labute approximate surface area is 220 Å². The van der Waals surface area contributed by atoms with E-state index in [1.807, 2.05) is 30.3 Å². The van der Waals surface area contributed by atoms with Crippen LogP contribution in [0, 0.1) is 23.2 Å². The molecule has 1 saturated carbocycles. The summed E-state index contributed by atoms with van der Waals surface area (Å²) in [7, 11) is 0. The number of hydrogen-bond acceptors (Lipinski definition) is 7. The number of piperazine rings is 1.